The van der Waals surface area contributed by atoms with Gasteiger partial charge in [-0.2, -0.15) is 0 Å². The lowest BCUT2D eigenvalue weighted by Crippen LogP contribution is -2.23. The molecule has 1 aliphatic rings. The first kappa shape index (κ1) is 12.7. The molecule has 0 spiro atoms. The van der Waals surface area contributed by atoms with Crippen molar-refractivity contribution < 1.29 is 0 Å². The molecular formula is C13H23NS. The number of thiocarbonyl (C=S) groups is 1. The predicted molar refractivity (Wildman–Crippen MR) is 71.3 cm³/mol. The van der Waals surface area contributed by atoms with Gasteiger partial charge in [0.25, 0.3) is 0 Å². The summed E-state index contributed by atoms with van der Waals surface area (Å²) < 4.78 is 0. The van der Waals surface area contributed by atoms with E-state index in [1.807, 2.05) is 0 Å². The van der Waals surface area contributed by atoms with Crippen LogP contribution in [0.15, 0.2) is 12.2 Å². The van der Waals surface area contributed by atoms with Crippen LogP contribution in [0.4, 0.5) is 0 Å². The molecule has 0 aromatic heterocycles. The van der Waals surface area contributed by atoms with Gasteiger partial charge >= 0.3 is 0 Å². The lowest BCUT2D eigenvalue weighted by Gasteiger charge is -2.05. The first-order chi connectivity index (χ1) is 7.33. The standard InChI is InChI=1S/C13H23NS/c1-2-3-4-5-6-7-8-9-12-10-11-13(15)14-12/h7-8,12H,2-6,9-11H2,1H3,(H,14,15)/b8-7-/t12-/m0/s1. The molecule has 1 heterocycles. The van der Waals surface area contributed by atoms with Gasteiger partial charge in [-0.3, -0.25) is 0 Å². The van der Waals surface area contributed by atoms with Gasteiger partial charge in [0, 0.05) is 6.04 Å². The Morgan fingerprint density at radius 2 is 2.20 bits per heavy atom. The zero-order valence-corrected chi connectivity index (χ0v) is 10.6. The summed E-state index contributed by atoms with van der Waals surface area (Å²) in [6.07, 6.45) is 14.8. The van der Waals surface area contributed by atoms with Gasteiger partial charge in [0.1, 0.15) is 0 Å². The molecule has 1 atom stereocenters. The number of allylic oxidation sites excluding steroid dienone is 1. The van der Waals surface area contributed by atoms with Gasteiger partial charge in [-0.1, -0.05) is 50.6 Å². The Bertz CT molecular complexity index is 211. The summed E-state index contributed by atoms with van der Waals surface area (Å²) >= 11 is 5.11. The van der Waals surface area contributed by atoms with Gasteiger partial charge in [-0.15, -0.1) is 0 Å². The van der Waals surface area contributed by atoms with Gasteiger partial charge in [-0.25, -0.2) is 0 Å². The number of rotatable bonds is 7. The smallest absolute Gasteiger partial charge is 0.0756 e. The van der Waals surface area contributed by atoms with Crippen molar-refractivity contribution in [2.75, 3.05) is 0 Å². The van der Waals surface area contributed by atoms with Crippen LogP contribution in [0.1, 0.15) is 58.3 Å². The molecule has 86 valence electrons. The summed E-state index contributed by atoms with van der Waals surface area (Å²) in [4.78, 5) is 1.05. The normalized spacial score (nSPS) is 21.1. The van der Waals surface area contributed by atoms with Crippen molar-refractivity contribution in [3.8, 4) is 0 Å². The van der Waals surface area contributed by atoms with E-state index < -0.39 is 0 Å². The highest BCUT2D eigenvalue weighted by Gasteiger charge is 2.15. The average molecular weight is 225 g/mol. The van der Waals surface area contributed by atoms with Crippen LogP contribution >= 0.6 is 12.2 Å². The van der Waals surface area contributed by atoms with Gasteiger partial charge in [-0.05, 0) is 32.1 Å². The molecular weight excluding hydrogens is 202 g/mol. The minimum Gasteiger partial charge on any atom is -0.377 e. The molecule has 0 amide bonds. The highest BCUT2D eigenvalue weighted by atomic mass is 32.1. The molecule has 15 heavy (non-hydrogen) atoms. The lowest BCUT2D eigenvalue weighted by molar-refractivity contribution is 0.634. The van der Waals surface area contributed by atoms with Gasteiger partial charge in [0.2, 0.25) is 0 Å². The minimum absolute atomic E-state index is 0.615. The topological polar surface area (TPSA) is 12.0 Å². The second-order valence-corrected chi connectivity index (χ2v) is 4.85. The van der Waals surface area contributed by atoms with Gasteiger partial charge in [0.05, 0.1) is 4.99 Å². The molecule has 0 aliphatic carbocycles. The zero-order chi connectivity index (χ0) is 10.9. The van der Waals surface area contributed by atoms with Crippen LogP contribution in [0.25, 0.3) is 0 Å². The third-order valence-corrected chi connectivity index (χ3v) is 3.22. The minimum atomic E-state index is 0.615. The Morgan fingerprint density at radius 1 is 1.33 bits per heavy atom. The van der Waals surface area contributed by atoms with Crippen LogP contribution in [-0.2, 0) is 0 Å². The van der Waals surface area contributed by atoms with E-state index in [1.165, 1.54) is 38.5 Å². The average Bonchev–Trinajstić information content (AvgIpc) is 2.63. The van der Waals surface area contributed by atoms with Crippen molar-refractivity contribution in [1.82, 2.24) is 5.32 Å². The Balaban J connectivity index is 1.95. The first-order valence-corrected chi connectivity index (χ1v) is 6.68. The van der Waals surface area contributed by atoms with Crippen LogP contribution in [0.3, 0.4) is 0 Å². The Morgan fingerprint density at radius 3 is 2.87 bits per heavy atom. The van der Waals surface area contributed by atoms with Crippen LogP contribution in [-0.4, -0.2) is 11.0 Å². The molecule has 1 aliphatic heterocycles. The molecule has 0 aromatic rings. The number of hydrogen-bond donors (Lipinski definition) is 1. The molecule has 0 radical (unpaired) electrons. The molecule has 1 rings (SSSR count). The van der Waals surface area contributed by atoms with Gasteiger partial charge < -0.3 is 5.32 Å². The van der Waals surface area contributed by atoms with E-state index >= 15 is 0 Å². The molecule has 1 fully saturated rings. The molecule has 0 bridgehead atoms. The molecule has 0 unspecified atom stereocenters. The maximum absolute atomic E-state index is 5.11. The zero-order valence-electron chi connectivity index (χ0n) is 9.80. The lowest BCUT2D eigenvalue weighted by atomic mass is 10.1. The fourth-order valence-electron chi connectivity index (χ4n) is 1.92. The monoisotopic (exact) mass is 225 g/mol. The highest BCUT2D eigenvalue weighted by molar-refractivity contribution is 7.80. The third kappa shape index (κ3) is 5.93. The van der Waals surface area contributed by atoms with E-state index in [9.17, 15) is 0 Å². The second kappa shape index (κ2) is 7.86. The number of unbranched alkanes of at least 4 members (excludes halogenated alkanes) is 4. The maximum Gasteiger partial charge on any atom is 0.0756 e. The summed E-state index contributed by atoms with van der Waals surface area (Å²) in [6, 6.07) is 0.615. The van der Waals surface area contributed by atoms with Crippen molar-refractivity contribution in [1.29, 1.82) is 0 Å². The fraction of sp³-hybridized carbons (Fsp3) is 0.769. The molecule has 2 heteroatoms. The molecule has 1 saturated heterocycles. The summed E-state index contributed by atoms with van der Waals surface area (Å²) in [7, 11) is 0. The SMILES string of the molecule is CCCCCC/C=C\C[C@H]1CCC(=S)N1. The van der Waals surface area contributed by atoms with Crippen molar-refractivity contribution in [3.05, 3.63) is 12.2 Å². The molecule has 1 nitrogen and oxygen atoms in total. The maximum atomic E-state index is 5.11. The largest absolute Gasteiger partial charge is 0.377 e. The van der Waals surface area contributed by atoms with Crippen molar-refractivity contribution in [2.45, 2.75) is 64.3 Å². The highest BCUT2D eigenvalue weighted by Crippen LogP contribution is 2.12. The van der Waals surface area contributed by atoms with E-state index in [4.69, 9.17) is 12.2 Å². The quantitative estimate of drug-likeness (QED) is 0.399. The molecule has 0 aromatic carbocycles. The van der Waals surface area contributed by atoms with Crippen LogP contribution in [0.2, 0.25) is 0 Å². The van der Waals surface area contributed by atoms with Crippen molar-refractivity contribution in [2.24, 2.45) is 0 Å². The fourth-order valence-corrected chi connectivity index (χ4v) is 2.21. The van der Waals surface area contributed by atoms with Crippen LogP contribution < -0.4 is 5.32 Å². The van der Waals surface area contributed by atoms with E-state index in [2.05, 4.69) is 24.4 Å². The third-order valence-electron chi connectivity index (χ3n) is 2.90. The second-order valence-electron chi connectivity index (χ2n) is 4.36. The first-order valence-electron chi connectivity index (χ1n) is 6.27. The molecule has 0 saturated carbocycles. The Labute approximate surface area is 99.3 Å². The van der Waals surface area contributed by atoms with E-state index in [-0.39, 0.29) is 0 Å². The van der Waals surface area contributed by atoms with E-state index in [0.29, 0.717) is 6.04 Å². The van der Waals surface area contributed by atoms with E-state index in [1.54, 1.807) is 0 Å². The van der Waals surface area contributed by atoms with Gasteiger partial charge in [0.15, 0.2) is 0 Å². The Kier molecular flexibility index (Phi) is 6.66. The summed E-state index contributed by atoms with van der Waals surface area (Å²) in [5.74, 6) is 0. The summed E-state index contributed by atoms with van der Waals surface area (Å²) in [5, 5.41) is 3.35. The molecule has 1 N–H and O–H groups in total. The summed E-state index contributed by atoms with van der Waals surface area (Å²) in [6.45, 7) is 2.25. The number of hydrogen-bond acceptors (Lipinski definition) is 1. The summed E-state index contributed by atoms with van der Waals surface area (Å²) in [5.41, 5.74) is 0. The van der Waals surface area contributed by atoms with Crippen molar-refractivity contribution in [3.63, 3.8) is 0 Å². The predicted octanol–water partition coefficient (Wildman–Crippen LogP) is 3.98. The van der Waals surface area contributed by atoms with Crippen LogP contribution in [0.5, 0.6) is 0 Å². The van der Waals surface area contributed by atoms with E-state index in [0.717, 1.165) is 17.8 Å². The van der Waals surface area contributed by atoms with Crippen LogP contribution in [0, 0.1) is 0 Å². The Hall–Kier alpha value is -0.370. The van der Waals surface area contributed by atoms with Crippen molar-refractivity contribution >= 4 is 17.2 Å². The number of nitrogens with one attached hydrogen (secondary N) is 1.